The van der Waals surface area contributed by atoms with Gasteiger partial charge in [-0.05, 0) is 93.0 Å². The number of piperazine rings is 1. The van der Waals surface area contributed by atoms with Crippen molar-refractivity contribution in [3.05, 3.63) is 94.7 Å². The summed E-state index contributed by atoms with van der Waals surface area (Å²) in [5, 5.41) is 20.5. The zero-order chi connectivity index (χ0) is 53.5. The summed E-state index contributed by atoms with van der Waals surface area (Å²) >= 11 is 0. The van der Waals surface area contributed by atoms with Crippen LogP contribution in [0.2, 0.25) is 0 Å². The molecule has 5 atom stereocenters. The first-order valence-corrected chi connectivity index (χ1v) is 26.9. The molecule has 0 saturated carbocycles. The number of carbonyl (C=O) groups excluding carboxylic acids is 5. The van der Waals surface area contributed by atoms with Gasteiger partial charge in [0.05, 0.1) is 27.6 Å². The summed E-state index contributed by atoms with van der Waals surface area (Å²) in [5.41, 5.74) is 1.85. The number of aromatic hydroxyl groups is 1. The minimum Gasteiger partial charge on any atom is -0.508 e. The van der Waals surface area contributed by atoms with E-state index >= 15 is 8.78 Å². The quantitative estimate of drug-likeness (QED) is 0.0292. The van der Waals surface area contributed by atoms with E-state index in [0.717, 1.165) is 86.7 Å². The number of nitrogens with zero attached hydrogens (tertiary/aromatic N) is 6. The predicted molar refractivity (Wildman–Crippen MR) is 282 cm³/mol. The zero-order valence-corrected chi connectivity index (χ0v) is 42.8. The Morgan fingerprint density at radius 3 is 2.51 bits per heavy atom. The molecule has 4 N–H and O–H groups in total. The number of fused-ring (bicyclic) bond motifs is 6. The molecule has 2 bridgehead atoms. The molecular weight excluding hydrogens is 989 g/mol. The fourth-order valence-electron chi connectivity index (χ4n) is 12.7. The SMILES string of the molecule is C#Cc1c(F)ccc2cc(O)cc(-c3ncc4c(N5CC6CCC(C5)N6)nc(OC[C@@]56CC[C@@H](COC(=O)NCCCCCCCCCc7cccc8c7C(=O)N(C7CCC(=O)NC7=O)C8=O)N5CC(=C)C6)nc4c3F)c12. The second kappa shape index (κ2) is 21.5. The standard InChI is InChI=1S/C58H61F2N9O8/c1-3-40-44(59)18-15-35-24-39(70)25-42(47(35)40)50-49(60)51-43(27-62-50)52(67-29-36-16-17-37(30-67)63-36)66-56(65-51)77-32-58-22-21-38(68(58)28-33(2)26-58)31-76-57(75)61-23-10-8-6-4-5-7-9-12-34-13-11-14-41-48(34)55(74)69(54(41)73)45-19-20-46(71)64-53(45)72/h1,11,13-15,18,24-25,27,36-38,45,63,70H,2,4-10,12,16-17,19-23,26,28-32H2,(H,61,75)(H,64,71,72)/t36?,37?,38-,45?,58-/m0/s1. The summed E-state index contributed by atoms with van der Waals surface area (Å²) in [5.74, 6) is -0.733. The van der Waals surface area contributed by atoms with Crippen molar-refractivity contribution in [3.63, 3.8) is 0 Å². The van der Waals surface area contributed by atoms with E-state index in [9.17, 15) is 29.1 Å². The number of unbranched alkanes of at least 4 members (excludes halogenated alkanes) is 6. The Labute approximate surface area is 444 Å². The molecule has 2 aromatic heterocycles. The number of amides is 5. The Bertz CT molecular complexity index is 3280. The molecular formula is C58H61F2N9O8. The van der Waals surface area contributed by atoms with Crippen LogP contribution in [-0.4, -0.2) is 129 Å². The van der Waals surface area contributed by atoms with Crippen LogP contribution in [0, 0.1) is 24.0 Å². The number of aromatic nitrogens is 3. The first kappa shape index (κ1) is 51.5. The number of alkyl carbamates (subject to hydrolysis) is 1. The number of anilines is 1. The van der Waals surface area contributed by atoms with E-state index in [1.807, 2.05) is 6.07 Å². The van der Waals surface area contributed by atoms with Crippen molar-refractivity contribution in [1.29, 1.82) is 0 Å². The lowest BCUT2D eigenvalue weighted by Crippen LogP contribution is -2.54. The molecule has 400 valence electrons. The molecule has 0 aliphatic carbocycles. The summed E-state index contributed by atoms with van der Waals surface area (Å²) in [4.78, 5) is 83.3. The molecule has 19 heteroatoms. The summed E-state index contributed by atoms with van der Waals surface area (Å²) in [6, 6.07) is 10.1. The van der Waals surface area contributed by atoms with Gasteiger partial charge in [0.25, 0.3) is 11.8 Å². The number of imide groups is 2. The Balaban J connectivity index is 0.667. The van der Waals surface area contributed by atoms with Crippen LogP contribution in [0.15, 0.2) is 60.8 Å². The molecule has 5 saturated heterocycles. The Kier molecular flexibility index (Phi) is 14.4. The van der Waals surface area contributed by atoms with Crippen LogP contribution in [-0.2, 0) is 20.7 Å². The van der Waals surface area contributed by atoms with Crippen molar-refractivity contribution >= 4 is 57.2 Å². The fraction of sp³-hybridized carbons (Fsp3) is 0.448. The second-order valence-electron chi connectivity index (χ2n) is 21.5. The number of phenols is 1. The number of halogens is 2. The highest BCUT2D eigenvalue weighted by atomic mass is 19.1. The molecule has 8 heterocycles. The topological polar surface area (TPSA) is 209 Å². The first-order valence-electron chi connectivity index (χ1n) is 26.9. The van der Waals surface area contributed by atoms with Gasteiger partial charge in [0.15, 0.2) is 5.82 Å². The predicted octanol–water partition coefficient (Wildman–Crippen LogP) is 7.39. The molecule has 17 nitrogen and oxygen atoms in total. The Hall–Kier alpha value is -7.56. The van der Waals surface area contributed by atoms with Crippen LogP contribution in [0.1, 0.15) is 122 Å². The molecule has 77 heavy (non-hydrogen) atoms. The van der Waals surface area contributed by atoms with Crippen molar-refractivity contribution in [3.8, 4) is 35.4 Å². The number of aryl methyl sites for hydroxylation is 1. The van der Waals surface area contributed by atoms with Gasteiger partial charge < -0.3 is 30.1 Å². The van der Waals surface area contributed by atoms with Gasteiger partial charge in [-0.1, -0.05) is 68.4 Å². The summed E-state index contributed by atoms with van der Waals surface area (Å²) in [6.45, 7) is 7.08. The van der Waals surface area contributed by atoms with E-state index in [4.69, 9.17) is 20.9 Å². The molecule has 6 aliphatic rings. The van der Waals surface area contributed by atoms with Crippen LogP contribution in [0.25, 0.3) is 32.9 Å². The van der Waals surface area contributed by atoms with Crippen molar-refractivity contribution < 1.29 is 47.3 Å². The molecule has 3 aromatic carbocycles. The third-order valence-corrected chi connectivity index (χ3v) is 16.4. The van der Waals surface area contributed by atoms with Crippen molar-refractivity contribution in [2.24, 2.45) is 0 Å². The monoisotopic (exact) mass is 1050 g/mol. The van der Waals surface area contributed by atoms with Gasteiger partial charge in [-0.15, -0.1) is 6.42 Å². The number of carbonyl (C=O) groups is 5. The number of nitrogens with one attached hydrogen (secondary N) is 3. The Morgan fingerprint density at radius 2 is 1.73 bits per heavy atom. The lowest BCUT2D eigenvalue weighted by atomic mass is 9.94. The van der Waals surface area contributed by atoms with E-state index in [2.05, 4.69) is 48.2 Å². The average molecular weight is 1050 g/mol. The van der Waals surface area contributed by atoms with E-state index in [-0.39, 0.29) is 83.7 Å². The number of ether oxygens (including phenoxy) is 2. The van der Waals surface area contributed by atoms with Gasteiger partial charge in [-0.3, -0.25) is 39.3 Å². The minimum atomic E-state index is -0.990. The van der Waals surface area contributed by atoms with Gasteiger partial charge in [0, 0.05) is 67.9 Å². The van der Waals surface area contributed by atoms with Crippen LogP contribution in [0.4, 0.5) is 19.4 Å². The zero-order valence-electron chi connectivity index (χ0n) is 42.8. The highest BCUT2D eigenvalue weighted by Gasteiger charge is 2.52. The number of hydrogen-bond donors (Lipinski definition) is 4. The highest BCUT2D eigenvalue weighted by Crippen LogP contribution is 2.45. The normalized spacial score (nSPS) is 22.9. The van der Waals surface area contributed by atoms with Gasteiger partial charge in [0.2, 0.25) is 11.8 Å². The van der Waals surface area contributed by atoms with E-state index in [1.165, 1.54) is 30.5 Å². The van der Waals surface area contributed by atoms with Crippen molar-refractivity contribution in [1.82, 2.24) is 40.7 Å². The third kappa shape index (κ3) is 10.0. The first-order chi connectivity index (χ1) is 37.3. The highest BCUT2D eigenvalue weighted by molar-refractivity contribution is 6.24. The number of piperidine rings is 1. The Morgan fingerprint density at radius 1 is 0.948 bits per heavy atom. The van der Waals surface area contributed by atoms with Gasteiger partial charge in [-0.2, -0.15) is 9.97 Å². The van der Waals surface area contributed by atoms with Gasteiger partial charge in [0.1, 0.15) is 47.9 Å². The average Bonchev–Trinajstić information content (AvgIpc) is 4.26. The fourth-order valence-corrected chi connectivity index (χ4v) is 12.7. The van der Waals surface area contributed by atoms with Crippen molar-refractivity contribution in [2.75, 3.05) is 44.3 Å². The smallest absolute Gasteiger partial charge is 0.407 e. The molecule has 11 rings (SSSR count). The number of hydrogen-bond acceptors (Lipinski definition) is 14. The van der Waals surface area contributed by atoms with Crippen LogP contribution < -0.4 is 25.6 Å². The molecule has 0 spiro atoms. The maximum absolute atomic E-state index is 17.2. The minimum absolute atomic E-state index is 0.0106. The maximum atomic E-state index is 17.2. The van der Waals surface area contributed by atoms with E-state index < -0.39 is 52.9 Å². The van der Waals surface area contributed by atoms with Crippen LogP contribution in [0.5, 0.6) is 11.8 Å². The van der Waals surface area contributed by atoms with Crippen LogP contribution >= 0.6 is 0 Å². The largest absolute Gasteiger partial charge is 0.508 e. The van der Waals surface area contributed by atoms with Crippen molar-refractivity contribution in [2.45, 2.75) is 126 Å². The third-order valence-electron chi connectivity index (χ3n) is 16.4. The summed E-state index contributed by atoms with van der Waals surface area (Å²) < 4.78 is 44.6. The lowest BCUT2D eigenvalue weighted by molar-refractivity contribution is -0.136. The second-order valence-corrected chi connectivity index (χ2v) is 21.5. The molecule has 0 radical (unpaired) electrons. The molecule has 5 fully saturated rings. The number of benzene rings is 3. The maximum Gasteiger partial charge on any atom is 0.407 e. The summed E-state index contributed by atoms with van der Waals surface area (Å²) in [6.07, 6.45) is 18.3. The molecule has 5 amide bonds. The van der Waals surface area contributed by atoms with E-state index in [1.54, 1.807) is 12.1 Å². The summed E-state index contributed by atoms with van der Waals surface area (Å²) in [7, 11) is 0. The molecule has 5 aromatic rings. The lowest BCUT2D eigenvalue weighted by Gasteiger charge is -2.35. The number of pyridine rings is 1. The number of rotatable bonds is 18. The van der Waals surface area contributed by atoms with Gasteiger partial charge >= 0.3 is 12.1 Å². The molecule has 3 unspecified atom stereocenters. The van der Waals surface area contributed by atoms with E-state index in [0.29, 0.717) is 66.7 Å². The number of terminal acetylenes is 1. The van der Waals surface area contributed by atoms with Crippen LogP contribution in [0.3, 0.4) is 0 Å². The molecule has 6 aliphatic heterocycles. The van der Waals surface area contributed by atoms with Gasteiger partial charge in [-0.25, -0.2) is 13.6 Å². The number of phenolic OH excluding ortho intramolecular Hbond substituents is 1.